The predicted molar refractivity (Wildman–Crippen MR) is 66.8 cm³/mol. The van der Waals surface area contributed by atoms with Gasteiger partial charge in [-0.2, -0.15) is 0 Å². The Hall–Kier alpha value is -2.75. The van der Waals surface area contributed by atoms with Gasteiger partial charge >= 0.3 is 0 Å². The minimum atomic E-state index is -0.414. The van der Waals surface area contributed by atoms with Gasteiger partial charge in [-0.15, -0.1) is 0 Å². The summed E-state index contributed by atoms with van der Waals surface area (Å²) in [5, 5.41) is 9.62. The van der Waals surface area contributed by atoms with Crippen LogP contribution in [0.3, 0.4) is 0 Å². The maximum absolute atomic E-state index is 12.4. The number of ketones is 2. The first kappa shape index (κ1) is 11.3. The number of benzene rings is 2. The number of phenolic OH excluding ortho intramolecular Hbond substituents is 1. The molecule has 0 radical (unpaired) electrons. The molecule has 92 valence electrons. The molecule has 19 heavy (non-hydrogen) atoms. The zero-order chi connectivity index (χ0) is 13.6. The average Bonchev–Trinajstić information content (AvgIpc) is 2.44. The molecule has 2 aromatic carbocycles. The summed E-state index contributed by atoms with van der Waals surface area (Å²) in [4.78, 5) is 35.7. The molecule has 4 nitrogen and oxygen atoms in total. The quantitative estimate of drug-likeness (QED) is 0.672. The van der Waals surface area contributed by atoms with Crippen LogP contribution >= 0.6 is 0 Å². The Morgan fingerprint density at radius 1 is 0.842 bits per heavy atom. The summed E-state index contributed by atoms with van der Waals surface area (Å²) < 4.78 is 0. The molecule has 0 bridgehead atoms. The Labute approximate surface area is 108 Å². The van der Waals surface area contributed by atoms with Crippen LogP contribution in [-0.4, -0.2) is 23.0 Å². The van der Waals surface area contributed by atoms with Crippen molar-refractivity contribution >= 4 is 17.9 Å². The number of hydrogen-bond acceptors (Lipinski definition) is 4. The lowest BCUT2D eigenvalue weighted by Crippen LogP contribution is -2.22. The van der Waals surface area contributed by atoms with E-state index < -0.39 is 5.78 Å². The number of fused-ring (bicyclic) bond motifs is 2. The minimum Gasteiger partial charge on any atom is -0.507 e. The van der Waals surface area contributed by atoms with Crippen molar-refractivity contribution in [1.29, 1.82) is 0 Å². The van der Waals surface area contributed by atoms with E-state index in [0.717, 1.165) is 0 Å². The van der Waals surface area contributed by atoms with E-state index in [1.54, 1.807) is 18.2 Å². The zero-order valence-corrected chi connectivity index (χ0v) is 9.71. The second-order valence-corrected chi connectivity index (χ2v) is 4.24. The van der Waals surface area contributed by atoms with Crippen molar-refractivity contribution in [3.63, 3.8) is 0 Å². The van der Waals surface area contributed by atoms with E-state index in [4.69, 9.17) is 0 Å². The summed E-state index contributed by atoms with van der Waals surface area (Å²) in [6.45, 7) is 0. The molecule has 0 heterocycles. The molecule has 0 fully saturated rings. The van der Waals surface area contributed by atoms with Crippen LogP contribution in [-0.2, 0) is 0 Å². The normalized spacial score (nSPS) is 12.8. The first-order valence-corrected chi connectivity index (χ1v) is 5.64. The van der Waals surface area contributed by atoms with Gasteiger partial charge in [0.05, 0.1) is 5.56 Å². The lowest BCUT2D eigenvalue weighted by atomic mass is 9.82. The molecule has 0 saturated carbocycles. The lowest BCUT2D eigenvalue weighted by molar-refractivity contribution is 0.0975. The van der Waals surface area contributed by atoms with E-state index in [0.29, 0.717) is 11.8 Å². The van der Waals surface area contributed by atoms with Gasteiger partial charge in [0.1, 0.15) is 5.75 Å². The summed E-state index contributed by atoms with van der Waals surface area (Å²) in [6.07, 6.45) is 0.396. The molecule has 0 atom stereocenters. The number of phenols is 1. The monoisotopic (exact) mass is 252 g/mol. The fraction of sp³-hybridized carbons (Fsp3) is 0. The summed E-state index contributed by atoms with van der Waals surface area (Å²) in [5.74, 6) is -1.02. The fourth-order valence-corrected chi connectivity index (χ4v) is 2.32. The first-order valence-electron chi connectivity index (χ1n) is 5.64. The highest BCUT2D eigenvalue weighted by molar-refractivity contribution is 6.30. The van der Waals surface area contributed by atoms with E-state index in [1.165, 1.54) is 18.2 Å². The van der Waals surface area contributed by atoms with Gasteiger partial charge in [0.15, 0.2) is 17.9 Å². The highest BCUT2D eigenvalue weighted by Crippen LogP contribution is 2.32. The van der Waals surface area contributed by atoms with Crippen molar-refractivity contribution in [2.45, 2.75) is 0 Å². The van der Waals surface area contributed by atoms with Crippen LogP contribution in [0, 0.1) is 0 Å². The van der Waals surface area contributed by atoms with Crippen LogP contribution in [0.25, 0.3) is 0 Å². The van der Waals surface area contributed by atoms with Gasteiger partial charge in [-0.25, -0.2) is 0 Å². The molecular formula is C15H8O4. The predicted octanol–water partition coefficient (Wildman–Crippen LogP) is 1.98. The smallest absolute Gasteiger partial charge is 0.195 e. The average molecular weight is 252 g/mol. The SMILES string of the molecule is O=Cc1c(O)ccc2c1C(=O)c1ccccc1C2=O. The Balaban J connectivity index is 2.39. The topological polar surface area (TPSA) is 71.4 Å². The molecule has 1 aliphatic carbocycles. The van der Waals surface area contributed by atoms with Crippen molar-refractivity contribution in [2.24, 2.45) is 0 Å². The van der Waals surface area contributed by atoms with E-state index in [1.807, 2.05) is 0 Å². The molecular weight excluding hydrogens is 244 g/mol. The Morgan fingerprint density at radius 2 is 1.47 bits per heavy atom. The Bertz CT molecular complexity index is 744. The maximum Gasteiger partial charge on any atom is 0.195 e. The molecule has 0 spiro atoms. The van der Waals surface area contributed by atoms with E-state index in [9.17, 15) is 19.5 Å². The van der Waals surface area contributed by atoms with Gasteiger partial charge in [0.2, 0.25) is 0 Å². The summed E-state index contributed by atoms with van der Waals surface area (Å²) in [6, 6.07) is 9.06. The minimum absolute atomic E-state index is 0.0151. The van der Waals surface area contributed by atoms with Gasteiger partial charge in [-0.05, 0) is 12.1 Å². The largest absolute Gasteiger partial charge is 0.507 e. The molecule has 3 rings (SSSR count). The molecule has 4 heteroatoms. The molecule has 0 aromatic heterocycles. The number of carbonyl (C=O) groups is 3. The number of carbonyl (C=O) groups excluding carboxylic acids is 3. The number of rotatable bonds is 1. The molecule has 0 amide bonds. The lowest BCUT2D eigenvalue weighted by Gasteiger charge is -2.18. The molecule has 1 aliphatic rings. The zero-order valence-electron chi connectivity index (χ0n) is 9.71. The standard InChI is InChI=1S/C15H8O4/c16-7-11-12(17)6-5-10-13(11)15(19)9-4-2-1-3-8(9)14(10)18/h1-7,17H. The molecule has 0 saturated heterocycles. The Morgan fingerprint density at radius 3 is 2.11 bits per heavy atom. The molecule has 0 aliphatic heterocycles. The fourth-order valence-electron chi connectivity index (χ4n) is 2.32. The maximum atomic E-state index is 12.4. The van der Waals surface area contributed by atoms with Gasteiger partial charge in [0.25, 0.3) is 0 Å². The van der Waals surface area contributed by atoms with Crippen molar-refractivity contribution in [3.8, 4) is 5.75 Å². The third kappa shape index (κ3) is 1.43. The van der Waals surface area contributed by atoms with Gasteiger partial charge in [-0.3, -0.25) is 14.4 Å². The van der Waals surface area contributed by atoms with Crippen LogP contribution in [0.15, 0.2) is 36.4 Å². The summed E-state index contributed by atoms with van der Waals surface area (Å²) in [7, 11) is 0. The summed E-state index contributed by atoms with van der Waals surface area (Å²) in [5.41, 5.74) is 0.587. The van der Waals surface area contributed by atoms with E-state index in [-0.39, 0.29) is 33.8 Å². The van der Waals surface area contributed by atoms with Gasteiger partial charge < -0.3 is 5.11 Å². The highest BCUT2D eigenvalue weighted by atomic mass is 16.3. The molecule has 0 unspecified atom stereocenters. The van der Waals surface area contributed by atoms with Crippen LogP contribution in [0.1, 0.15) is 42.2 Å². The van der Waals surface area contributed by atoms with E-state index >= 15 is 0 Å². The summed E-state index contributed by atoms with van der Waals surface area (Å²) >= 11 is 0. The van der Waals surface area contributed by atoms with Crippen molar-refractivity contribution in [3.05, 3.63) is 64.2 Å². The number of aromatic hydroxyl groups is 1. The van der Waals surface area contributed by atoms with Crippen LogP contribution < -0.4 is 0 Å². The van der Waals surface area contributed by atoms with Crippen molar-refractivity contribution in [2.75, 3.05) is 0 Å². The second-order valence-electron chi connectivity index (χ2n) is 4.24. The highest BCUT2D eigenvalue weighted by Gasteiger charge is 2.32. The molecule has 1 N–H and O–H groups in total. The van der Waals surface area contributed by atoms with Crippen molar-refractivity contribution < 1.29 is 19.5 Å². The third-order valence-corrected chi connectivity index (χ3v) is 3.23. The first-order chi connectivity index (χ1) is 9.15. The molecule has 2 aromatic rings. The van der Waals surface area contributed by atoms with Crippen LogP contribution in [0.5, 0.6) is 5.75 Å². The Kier molecular flexibility index (Phi) is 2.32. The van der Waals surface area contributed by atoms with Gasteiger partial charge in [0, 0.05) is 22.3 Å². The number of hydrogen-bond donors (Lipinski definition) is 1. The van der Waals surface area contributed by atoms with Crippen molar-refractivity contribution in [1.82, 2.24) is 0 Å². The second kappa shape index (κ2) is 3.88. The van der Waals surface area contributed by atoms with E-state index in [2.05, 4.69) is 0 Å². The van der Waals surface area contributed by atoms with Crippen LogP contribution in [0.4, 0.5) is 0 Å². The van der Waals surface area contributed by atoms with Gasteiger partial charge in [-0.1, -0.05) is 24.3 Å². The van der Waals surface area contributed by atoms with Crippen LogP contribution in [0.2, 0.25) is 0 Å². The number of aldehydes is 1. The third-order valence-electron chi connectivity index (χ3n) is 3.23.